The lowest BCUT2D eigenvalue weighted by molar-refractivity contribution is 0.122. The van der Waals surface area contributed by atoms with E-state index in [4.69, 9.17) is 9.72 Å². The maximum atomic E-state index is 5.39. The smallest absolute Gasteiger partial charge is 0.227 e. The van der Waals surface area contributed by atoms with Gasteiger partial charge in [-0.25, -0.2) is 4.98 Å². The second-order valence-corrected chi connectivity index (χ2v) is 5.77. The fraction of sp³-hybridized carbons (Fsp3) is 0.692. The quantitative estimate of drug-likeness (QED) is 0.920. The molecule has 1 aliphatic carbocycles. The van der Waals surface area contributed by atoms with Gasteiger partial charge in [-0.2, -0.15) is 4.98 Å². The Labute approximate surface area is 121 Å². The Morgan fingerprint density at radius 3 is 2.68 bits per heavy atom. The minimum atomic E-state index is 0.606. The zero-order valence-electron chi connectivity index (χ0n) is 11.2. The largest absolute Gasteiger partial charge is 0.378 e. The number of anilines is 2. The van der Waals surface area contributed by atoms with Crippen LogP contribution in [0.3, 0.4) is 0 Å². The van der Waals surface area contributed by atoms with E-state index >= 15 is 0 Å². The molecule has 3 rings (SSSR count). The van der Waals surface area contributed by atoms with Crippen molar-refractivity contribution in [3.8, 4) is 0 Å². The lowest BCUT2D eigenvalue weighted by Gasteiger charge is -2.27. The maximum absolute atomic E-state index is 5.39. The monoisotopic (exact) mass is 326 g/mol. The number of hydrogen-bond acceptors (Lipinski definition) is 5. The molecule has 2 heterocycles. The number of morpholine rings is 1. The summed E-state index contributed by atoms with van der Waals surface area (Å²) in [5.74, 6) is 2.36. The van der Waals surface area contributed by atoms with Crippen LogP contribution in [0.1, 0.15) is 31.4 Å². The molecule has 2 fully saturated rings. The Balaban J connectivity index is 1.93. The fourth-order valence-corrected chi connectivity index (χ4v) is 2.91. The molecule has 1 aromatic rings. The fourth-order valence-electron chi connectivity index (χ4n) is 2.27. The van der Waals surface area contributed by atoms with Crippen molar-refractivity contribution >= 4 is 27.7 Å². The zero-order chi connectivity index (χ0) is 13.2. The summed E-state index contributed by atoms with van der Waals surface area (Å²) in [6, 6.07) is 0. The first-order valence-electron chi connectivity index (χ1n) is 6.93. The molecule has 1 saturated heterocycles. The number of nitrogens with zero attached hydrogens (tertiary/aromatic N) is 3. The number of aromatic nitrogens is 2. The van der Waals surface area contributed by atoms with Gasteiger partial charge in [-0.15, -0.1) is 0 Å². The molecule has 0 aromatic carbocycles. The first kappa shape index (κ1) is 13.1. The van der Waals surface area contributed by atoms with E-state index in [9.17, 15) is 0 Å². The highest BCUT2D eigenvalue weighted by molar-refractivity contribution is 9.10. The number of ether oxygens (including phenoxy) is 1. The van der Waals surface area contributed by atoms with Crippen LogP contribution in [-0.2, 0) is 4.74 Å². The summed E-state index contributed by atoms with van der Waals surface area (Å²) in [5.41, 5.74) is 1.16. The van der Waals surface area contributed by atoms with E-state index in [1.807, 2.05) is 0 Å². The van der Waals surface area contributed by atoms with Crippen molar-refractivity contribution in [3.05, 3.63) is 10.2 Å². The van der Waals surface area contributed by atoms with Gasteiger partial charge in [0.15, 0.2) is 0 Å². The SMILES string of the molecule is CCNc1nc(N2CCOCC2)nc(C2CC2)c1Br. The third kappa shape index (κ3) is 2.84. The van der Waals surface area contributed by atoms with Crippen LogP contribution < -0.4 is 10.2 Å². The molecule has 0 atom stereocenters. The summed E-state index contributed by atoms with van der Waals surface area (Å²) in [6.07, 6.45) is 2.48. The molecule has 2 aliphatic rings. The number of hydrogen-bond donors (Lipinski definition) is 1. The van der Waals surface area contributed by atoms with Crippen LogP contribution in [0.4, 0.5) is 11.8 Å². The highest BCUT2D eigenvalue weighted by Gasteiger charge is 2.30. The van der Waals surface area contributed by atoms with Crippen molar-refractivity contribution < 1.29 is 4.74 Å². The van der Waals surface area contributed by atoms with Crippen LogP contribution in [0.5, 0.6) is 0 Å². The molecule has 1 aliphatic heterocycles. The number of rotatable bonds is 4. The van der Waals surface area contributed by atoms with Gasteiger partial charge in [-0.1, -0.05) is 0 Å². The Hall–Kier alpha value is -0.880. The van der Waals surface area contributed by atoms with E-state index in [0.29, 0.717) is 5.92 Å². The van der Waals surface area contributed by atoms with E-state index in [2.05, 4.69) is 38.1 Å². The molecular weight excluding hydrogens is 308 g/mol. The first-order valence-corrected chi connectivity index (χ1v) is 7.73. The molecule has 104 valence electrons. The van der Waals surface area contributed by atoms with E-state index in [1.165, 1.54) is 12.8 Å². The van der Waals surface area contributed by atoms with Crippen molar-refractivity contribution in [1.29, 1.82) is 0 Å². The molecule has 5 nitrogen and oxygen atoms in total. The molecule has 0 unspecified atom stereocenters. The van der Waals surface area contributed by atoms with Crippen LogP contribution in [0.25, 0.3) is 0 Å². The standard InChI is InChI=1S/C13H19BrN4O/c1-2-15-12-10(14)11(9-3-4-9)16-13(17-12)18-5-7-19-8-6-18/h9H,2-8H2,1H3,(H,15,16,17). The number of nitrogens with one attached hydrogen (secondary N) is 1. The molecule has 0 amide bonds. The van der Waals surface area contributed by atoms with Crippen LogP contribution >= 0.6 is 15.9 Å². The van der Waals surface area contributed by atoms with Crippen LogP contribution in [0, 0.1) is 0 Å². The number of halogens is 1. The van der Waals surface area contributed by atoms with Crippen molar-refractivity contribution in [1.82, 2.24) is 9.97 Å². The molecule has 6 heteroatoms. The maximum Gasteiger partial charge on any atom is 0.227 e. The molecule has 19 heavy (non-hydrogen) atoms. The molecule has 0 bridgehead atoms. The van der Waals surface area contributed by atoms with E-state index in [0.717, 1.165) is 54.8 Å². The predicted molar refractivity (Wildman–Crippen MR) is 78.9 cm³/mol. The second kappa shape index (κ2) is 5.63. The molecule has 0 radical (unpaired) electrons. The minimum absolute atomic E-state index is 0.606. The Morgan fingerprint density at radius 1 is 1.32 bits per heavy atom. The molecule has 1 saturated carbocycles. The third-order valence-corrected chi connectivity index (χ3v) is 4.25. The van der Waals surface area contributed by atoms with Crippen molar-refractivity contribution in [2.75, 3.05) is 43.1 Å². The first-order chi connectivity index (χ1) is 9.29. The van der Waals surface area contributed by atoms with Gasteiger partial charge in [0.05, 0.1) is 23.4 Å². The summed E-state index contributed by atoms with van der Waals surface area (Å²) in [4.78, 5) is 11.6. The zero-order valence-corrected chi connectivity index (χ0v) is 12.7. The van der Waals surface area contributed by atoms with E-state index in [1.54, 1.807) is 0 Å². The van der Waals surface area contributed by atoms with Crippen LogP contribution in [0.15, 0.2) is 4.47 Å². The summed E-state index contributed by atoms with van der Waals surface area (Å²) in [6.45, 7) is 6.21. The lowest BCUT2D eigenvalue weighted by atomic mass is 10.2. The minimum Gasteiger partial charge on any atom is -0.378 e. The summed E-state index contributed by atoms with van der Waals surface area (Å²) in [7, 11) is 0. The van der Waals surface area contributed by atoms with Crippen molar-refractivity contribution in [2.45, 2.75) is 25.7 Å². The third-order valence-electron chi connectivity index (χ3n) is 3.47. The second-order valence-electron chi connectivity index (χ2n) is 4.98. The summed E-state index contributed by atoms with van der Waals surface area (Å²) >= 11 is 3.65. The van der Waals surface area contributed by atoms with Gasteiger partial charge in [-0.05, 0) is 35.7 Å². The average molecular weight is 327 g/mol. The highest BCUT2D eigenvalue weighted by atomic mass is 79.9. The van der Waals surface area contributed by atoms with Gasteiger partial charge in [0.25, 0.3) is 0 Å². The van der Waals surface area contributed by atoms with Gasteiger partial charge in [0.2, 0.25) is 5.95 Å². The molecule has 1 N–H and O–H groups in total. The normalized spacial score (nSPS) is 19.6. The highest BCUT2D eigenvalue weighted by Crippen LogP contribution is 2.44. The van der Waals surface area contributed by atoms with Gasteiger partial charge in [0.1, 0.15) is 5.82 Å². The molecule has 1 aromatic heterocycles. The van der Waals surface area contributed by atoms with Gasteiger partial charge in [-0.3, -0.25) is 0 Å². The van der Waals surface area contributed by atoms with Gasteiger partial charge < -0.3 is 15.0 Å². The van der Waals surface area contributed by atoms with Crippen molar-refractivity contribution in [2.24, 2.45) is 0 Å². The predicted octanol–water partition coefficient (Wildman–Crippen LogP) is 2.38. The summed E-state index contributed by atoms with van der Waals surface area (Å²) < 4.78 is 6.43. The van der Waals surface area contributed by atoms with Crippen LogP contribution in [-0.4, -0.2) is 42.8 Å². The van der Waals surface area contributed by atoms with Gasteiger partial charge in [0, 0.05) is 25.6 Å². The van der Waals surface area contributed by atoms with E-state index < -0.39 is 0 Å². The molecular formula is C13H19BrN4O. The average Bonchev–Trinajstić information content (AvgIpc) is 3.27. The lowest BCUT2D eigenvalue weighted by Crippen LogP contribution is -2.37. The van der Waals surface area contributed by atoms with E-state index in [-0.39, 0.29) is 0 Å². The van der Waals surface area contributed by atoms with Crippen molar-refractivity contribution in [3.63, 3.8) is 0 Å². The van der Waals surface area contributed by atoms with Crippen LogP contribution in [0.2, 0.25) is 0 Å². The summed E-state index contributed by atoms with van der Waals surface area (Å²) in [5, 5.41) is 3.32. The van der Waals surface area contributed by atoms with Gasteiger partial charge >= 0.3 is 0 Å². The molecule has 0 spiro atoms. The Kier molecular flexibility index (Phi) is 3.88. The Morgan fingerprint density at radius 2 is 2.05 bits per heavy atom. The Bertz CT molecular complexity index is 458. The topological polar surface area (TPSA) is 50.3 Å².